The summed E-state index contributed by atoms with van der Waals surface area (Å²) in [5.41, 5.74) is 5.86. The van der Waals surface area contributed by atoms with Gasteiger partial charge in [-0.25, -0.2) is 0 Å². The SMILES string of the molecule is CC1CCCC(NCc2cc(C(N)=O)cs2)C1. The molecule has 0 aliphatic heterocycles. The second-order valence-electron chi connectivity index (χ2n) is 5.02. The number of nitrogens with two attached hydrogens (primary N) is 1. The minimum absolute atomic E-state index is 0.334. The summed E-state index contributed by atoms with van der Waals surface area (Å²) in [6, 6.07) is 2.53. The molecule has 1 aromatic heterocycles. The Morgan fingerprint density at radius 2 is 2.41 bits per heavy atom. The highest BCUT2D eigenvalue weighted by molar-refractivity contribution is 7.10. The van der Waals surface area contributed by atoms with Crippen LogP contribution in [0.15, 0.2) is 11.4 Å². The third-order valence-corrected chi connectivity index (χ3v) is 4.38. The van der Waals surface area contributed by atoms with E-state index in [-0.39, 0.29) is 5.91 Å². The zero-order chi connectivity index (χ0) is 12.3. The lowest BCUT2D eigenvalue weighted by Crippen LogP contribution is -2.32. The Labute approximate surface area is 106 Å². The summed E-state index contributed by atoms with van der Waals surface area (Å²) < 4.78 is 0. The number of amides is 1. The smallest absolute Gasteiger partial charge is 0.249 e. The summed E-state index contributed by atoms with van der Waals surface area (Å²) in [7, 11) is 0. The molecule has 3 nitrogen and oxygen atoms in total. The normalized spacial score (nSPS) is 24.8. The maximum absolute atomic E-state index is 11.0. The first kappa shape index (κ1) is 12.6. The summed E-state index contributed by atoms with van der Waals surface area (Å²) in [5.74, 6) is 0.504. The standard InChI is InChI=1S/C13H20N2OS/c1-9-3-2-4-11(5-9)15-7-12-6-10(8-17-12)13(14)16/h6,8-9,11,15H,2-5,7H2,1H3,(H2,14,16). The Hall–Kier alpha value is -0.870. The molecule has 2 rings (SSSR count). The van der Waals surface area contributed by atoms with Crippen LogP contribution in [-0.4, -0.2) is 11.9 Å². The van der Waals surface area contributed by atoms with E-state index in [1.807, 2.05) is 11.4 Å². The number of hydrogen-bond acceptors (Lipinski definition) is 3. The van der Waals surface area contributed by atoms with Crippen LogP contribution in [0.25, 0.3) is 0 Å². The third-order valence-electron chi connectivity index (χ3n) is 3.44. The number of thiophene rings is 1. The van der Waals surface area contributed by atoms with E-state index in [9.17, 15) is 4.79 Å². The highest BCUT2D eigenvalue weighted by atomic mass is 32.1. The van der Waals surface area contributed by atoms with Gasteiger partial charge in [0.05, 0.1) is 5.56 Å². The fourth-order valence-electron chi connectivity index (χ4n) is 2.47. The highest BCUT2D eigenvalue weighted by Gasteiger charge is 2.18. The van der Waals surface area contributed by atoms with Crippen LogP contribution in [0.4, 0.5) is 0 Å². The molecule has 0 bridgehead atoms. The molecule has 94 valence electrons. The molecule has 4 heteroatoms. The lowest BCUT2D eigenvalue weighted by molar-refractivity contribution is 0.100. The van der Waals surface area contributed by atoms with Gasteiger partial charge in [-0.15, -0.1) is 11.3 Å². The Bertz CT molecular complexity index is 389. The van der Waals surface area contributed by atoms with Crippen LogP contribution >= 0.6 is 11.3 Å². The lowest BCUT2D eigenvalue weighted by atomic mass is 9.87. The van der Waals surface area contributed by atoms with E-state index in [2.05, 4.69) is 12.2 Å². The number of rotatable bonds is 4. The quantitative estimate of drug-likeness (QED) is 0.865. The molecule has 1 saturated carbocycles. The average molecular weight is 252 g/mol. The molecule has 1 heterocycles. The largest absolute Gasteiger partial charge is 0.366 e. The minimum atomic E-state index is -0.334. The fourth-order valence-corrected chi connectivity index (χ4v) is 3.29. The van der Waals surface area contributed by atoms with E-state index in [0.717, 1.165) is 12.5 Å². The molecule has 1 aliphatic rings. The van der Waals surface area contributed by atoms with E-state index in [1.54, 1.807) is 11.3 Å². The van der Waals surface area contributed by atoms with Crippen LogP contribution in [0.2, 0.25) is 0 Å². The Balaban J connectivity index is 1.82. The summed E-state index contributed by atoms with van der Waals surface area (Å²) in [6.07, 6.45) is 5.24. The summed E-state index contributed by atoms with van der Waals surface area (Å²) in [4.78, 5) is 12.2. The van der Waals surface area contributed by atoms with Gasteiger partial charge in [0.25, 0.3) is 0 Å². The predicted octanol–water partition coefficient (Wildman–Crippen LogP) is 2.52. The van der Waals surface area contributed by atoms with Gasteiger partial charge in [0.1, 0.15) is 0 Å². The Kier molecular flexibility index (Phi) is 4.18. The molecule has 0 spiro atoms. The van der Waals surface area contributed by atoms with Gasteiger partial charge in [0.15, 0.2) is 0 Å². The van der Waals surface area contributed by atoms with Crippen molar-refractivity contribution in [1.82, 2.24) is 5.32 Å². The molecule has 1 aromatic rings. The van der Waals surface area contributed by atoms with Crippen molar-refractivity contribution in [3.05, 3.63) is 21.9 Å². The maximum atomic E-state index is 11.0. The second kappa shape index (κ2) is 5.65. The Morgan fingerprint density at radius 1 is 1.59 bits per heavy atom. The van der Waals surface area contributed by atoms with Crippen LogP contribution in [-0.2, 0) is 6.54 Å². The van der Waals surface area contributed by atoms with E-state index >= 15 is 0 Å². The van der Waals surface area contributed by atoms with Crippen LogP contribution in [0.1, 0.15) is 47.8 Å². The molecule has 3 N–H and O–H groups in total. The molecule has 0 radical (unpaired) electrons. The van der Waals surface area contributed by atoms with E-state index < -0.39 is 0 Å². The highest BCUT2D eigenvalue weighted by Crippen LogP contribution is 2.24. The van der Waals surface area contributed by atoms with Gasteiger partial charge in [-0.3, -0.25) is 4.79 Å². The van der Waals surface area contributed by atoms with Gasteiger partial charge in [-0.2, -0.15) is 0 Å². The zero-order valence-corrected chi connectivity index (χ0v) is 11.1. The molecule has 1 fully saturated rings. The number of hydrogen-bond donors (Lipinski definition) is 2. The average Bonchev–Trinajstić information content (AvgIpc) is 2.75. The van der Waals surface area contributed by atoms with Crippen molar-refractivity contribution >= 4 is 17.2 Å². The monoisotopic (exact) mass is 252 g/mol. The van der Waals surface area contributed by atoms with Crippen molar-refractivity contribution in [2.45, 2.75) is 45.2 Å². The maximum Gasteiger partial charge on any atom is 0.249 e. The number of primary amides is 1. The topological polar surface area (TPSA) is 55.1 Å². The summed E-state index contributed by atoms with van der Waals surface area (Å²) in [5, 5.41) is 5.42. The number of nitrogens with one attached hydrogen (secondary N) is 1. The number of carbonyl (C=O) groups is 1. The first-order valence-electron chi connectivity index (χ1n) is 6.25. The van der Waals surface area contributed by atoms with Crippen molar-refractivity contribution in [3.8, 4) is 0 Å². The predicted molar refractivity (Wildman–Crippen MR) is 71.1 cm³/mol. The van der Waals surface area contributed by atoms with Crippen LogP contribution < -0.4 is 11.1 Å². The zero-order valence-electron chi connectivity index (χ0n) is 10.2. The van der Waals surface area contributed by atoms with Gasteiger partial charge in [-0.05, 0) is 24.8 Å². The van der Waals surface area contributed by atoms with Crippen molar-refractivity contribution < 1.29 is 4.79 Å². The molecular weight excluding hydrogens is 232 g/mol. The van der Waals surface area contributed by atoms with Crippen molar-refractivity contribution in [2.24, 2.45) is 11.7 Å². The second-order valence-corrected chi connectivity index (χ2v) is 6.01. The van der Waals surface area contributed by atoms with Crippen LogP contribution in [0, 0.1) is 5.92 Å². The van der Waals surface area contributed by atoms with Gasteiger partial charge >= 0.3 is 0 Å². The van der Waals surface area contributed by atoms with Gasteiger partial charge in [-0.1, -0.05) is 19.8 Å². The molecule has 0 saturated heterocycles. The van der Waals surface area contributed by atoms with E-state index in [4.69, 9.17) is 5.73 Å². The Morgan fingerprint density at radius 3 is 3.06 bits per heavy atom. The lowest BCUT2D eigenvalue weighted by Gasteiger charge is -2.27. The molecule has 0 aromatic carbocycles. The fraction of sp³-hybridized carbons (Fsp3) is 0.615. The first-order chi connectivity index (χ1) is 8.15. The molecular formula is C13H20N2OS. The third kappa shape index (κ3) is 3.54. The van der Waals surface area contributed by atoms with Crippen molar-refractivity contribution in [2.75, 3.05) is 0 Å². The molecule has 2 atom stereocenters. The first-order valence-corrected chi connectivity index (χ1v) is 7.13. The minimum Gasteiger partial charge on any atom is -0.366 e. The molecule has 1 amide bonds. The molecule has 1 aliphatic carbocycles. The summed E-state index contributed by atoms with van der Waals surface area (Å²) in [6.45, 7) is 3.18. The molecule has 2 unspecified atom stereocenters. The van der Waals surface area contributed by atoms with Gasteiger partial charge in [0.2, 0.25) is 5.91 Å². The summed E-state index contributed by atoms with van der Waals surface area (Å²) >= 11 is 1.60. The van der Waals surface area contributed by atoms with Crippen LogP contribution in [0.5, 0.6) is 0 Å². The van der Waals surface area contributed by atoms with Gasteiger partial charge in [0, 0.05) is 22.8 Å². The van der Waals surface area contributed by atoms with E-state index in [1.165, 1.54) is 30.6 Å². The molecule has 17 heavy (non-hydrogen) atoms. The number of carbonyl (C=O) groups excluding carboxylic acids is 1. The van der Waals surface area contributed by atoms with E-state index in [0.29, 0.717) is 11.6 Å². The van der Waals surface area contributed by atoms with Gasteiger partial charge < -0.3 is 11.1 Å². The van der Waals surface area contributed by atoms with Crippen LogP contribution in [0.3, 0.4) is 0 Å². The van der Waals surface area contributed by atoms with Crippen molar-refractivity contribution in [1.29, 1.82) is 0 Å². The van der Waals surface area contributed by atoms with Crippen molar-refractivity contribution in [3.63, 3.8) is 0 Å².